The number of benzene rings is 1. The van der Waals surface area contributed by atoms with Crippen LogP contribution in [0.25, 0.3) is 0 Å². The number of carbonyl (C=O) groups is 1. The molecule has 9 nitrogen and oxygen atoms in total. The Bertz CT molecular complexity index is 604. The quantitative estimate of drug-likeness (QED) is 0.459. The first kappa shape index (κ1) is 20.4. The fourth-order valence-corrected chi connectivity index (χ4v) is 2.50. The molecule has 146 valence electrons. The average Bonchev–Trinajstić information content (AvgIpc) is 2.61. The highest BCUT2D eigenvalue weighted by molar-refractivity contribution is 5.66. The molecule has 1 aromatic carbocycles. The van der Waals surface area contributed by atoms with Gasteiger partial charge in [0.25, 0.3) is 0 Å². The fourth-order valence-electron chi connectivity index (χ4n) is 2.50. The first-order chi connectivity index (χ1) is 12.4. The van der Waals surface area contributed by atoms with Gasteiger partial charge in [0.15, 0.2) is 0 Å². The molecule has 1 aromatic rings. The van der Waals surface area contributed by atoms with Gasteiger partial charge in [-0.3, -0.25) is 4.79 Å². The molecule has 1 heterocycles. The molecule has 4 N–H and O–H groups in total. The van der Waals surface area contributed by atoms with Crippen molar-refractivity contribution in [3.05, 3.63) is 23.8 Å². The van der Waals surface area contributed by atoms with Gasteiger partial charge in [-0.1, -0.05) is 0 Å². The average molecular weight is 372 g/mol. The van der Waals surface area contributed by atoms with E-state index in [4.69, 9.17) is 18.9 Å². The lowest BCUT2D eigenvalue weighted by Crippen LogP contribution is -2.60. The number of esters is 1. The second-order valence-corrected chi connectivity index (χ2v) is 5.80. The Morgan fingerprint density at radius 1 is 1.19 bits per heavy atom. The molecule has 0 unspecified atom stereocenters. The van der Waals surface area contributed by atoms with Crippen LogP contribution in [0, 0.1) is 0 Å². The van der Waals surface area contributed by atoms with Crippen molar-refractivity contribution in [2.45, 2.75) is 51.2 Å². The van der Waals surface area contributed by atoms with Crippen LogP contribution in [0.5, 0.6) is 11.5 Å². The SMILES string of the molecule is CCOc1cc(O[C@@H]2O[C@H](CO)[C@@H](O)[C@H](O)[C@H]2O)ccc1COC(C)=O. The van der Waals surface area contributed by atoms with E-state index in [1.807, 2.05) is 0 Å². The normalized spacial score (nSPS) is 28.5. The lowest BCUT2D eigenvalue weighted by molar-refractivity contribution is -0.277. The van der Waals surface area contributed by atoms with Crippen molar-refractivity contribution in [1.29, 1.82) is 0 Å². The topological polar surface area (TPSA) is 135 Å². The van der Waals surface area contributed by atoms with Crippen molar-refractivity contribution < 1.29 is 44.2 Å². The van der Waals surface area contributed by atoms with E-state index in [0.717, 1.165) is 0 Å². The van der Waals surface area contributed by atoms with Crippen molar-refractivity contribution in [3.8, 4) is 11.5 Å². The molecule has 1 aliphatic rings. The van der Waals surface area contributed by atoms with Crippen molar-refractivity contribution in [3.63, 3.8) is 0 Å². The zero-order valence-corrected chi connectivity index (χ0v) is 14.6. The summed E-state index contributed by atoms with van der Waals surface area (Å²) in [5.41, 5.74) is 0.628. The summed E-state index contributed by atoms with van der Waals surface area (Å²) in [4.78, 5) is 11.0. The molecule has 26 heavy (non-hydrogen) atoms. The van der Waals surface area contributed by atoms with E-state index < -0.39 is 43.3 Å². The molecule has 1 fully saturated rings. The molecule has 0 aromatic heterocycles. The van der Waals surface area contributed by atoms with Gasteiger partial charge in [0.2, 0.25) is 6.29 Å². The minimum Gasteiger partial charge on any atom is -0.493 e. The molecule has 0 radical (unpaired) electrons. The highest BCUT2D eigenvalue weighted by Crippen LogP contribution is 2.29. The van der Waals surface area contributed by atoms with Crippen molar-refractivity contribution >= 4 is 5.97 Å². The summed E-state index contributed by atoms with van der Waals surface area (Å²) < 4.78 is 21.3. The van der Waals surface area contributed by atoms with E-state index in [1.165, 1.54) is 13.0 Å². The Hall–Kier alpha value is -1.91. The molecule has 9 heteroatoms. The fraction of sp³-hybridized carbons (Fsp3) is 0.588. The molecule has 0 spiro atoms. The lowest BCUT2D eigenvalue weighted by Gasteiger charge is -2.39. The van der Waals surface area contributed by atoms with Gasteiger partial charge in [-0.25, -0.2) is 0 Å². The summed E-state index contributed by atoms with van der Waals surface area (Å²) in [5.74, 6) is 0.272. The van der Waals surface area contributed by atoms with Gasteiger partial charge in [0, 0.05) is 18.6 Å². The van der Waals surface area contributed by atoms with Crippen LogP contribution in [-0.2, 0) is 20.9 Å². The van der Waals surface area contributed by atoms with Crippen LogP contribution in [0.2, 0.25) is 0 Å². The second-order valence-electron chi connectivity index (χ2n) is 5.80. The van der Waals surface area contributed by atoms with E-state index in [-0.39, 0.29) is 12.4 Å². The molecular formula is C17H24O9. The Labute approximate surface area is 150 Å². The van der Waals surface area contributed by atoms with Crippen LogP contribution in [0.4, 0.5) is 0 Å². The smallest absolute Gasteiger partial charge is 0.302 e. The predicted molar refractivity (Wildman–Crippen MR) is 87.5 cm³/mol. The summed E-state index contributed by atoms with van der Waals surface area (Å²) in [6.07, 6.45) is -6.85. The van der Waals surface area contributed by atoms with Gasteiger partial charge in [-0.15, -0.1) is 0 Å². The molecule has 0 amide bonds. The number of rotatable bonds is 7. The third-order valence-corrected chi connectivity index (χ3v) is 3.87. The summed E-state index contributed by atoms with van der Waals surface area (Å²) in [5, 5.41) is 38.8. The van der Waals surface area contributed by atoms with Gasteiger partial charge in [0.1, 0.15) is 42.5 Å². The second kappa shape index (κ2) is 9.15. The molecule has 1 aliphatic heterocycles. The standard InChI is InChI=1S/C17H24O9/c1-3-23-12-6-11(5-4-10(12)8-24-9(2)19)25-17-16(22)15(21)14(20)13(7-18)26-17/h4-6,13-18,20-22H,3,7-8H2,1-2H3/t13-,14-,15+,16-,17-/m1/s1. The molecule has 5 atom stereocenters. The van der Waals surface area contributed by atoms with Gasteiger partial charge in [0.05, 0.1) is 13.2 Å². The highest BCUT2D eigenvalue weighted by Gasteiger charge is 2.44. The molecule has 0 aliphatic carbocycles. The summed E-state index contributed by atoms with van der Waals surface area (Å²) >= 11 is 0. The van der Waals surface area contributed by atoms with Gasteiger partial charge in [-0.05, 0) is 19.1 Å². The first-order valence-electron chi connectivity index (χ1n) is 8.23. The zero-order chi connectivity index (χ0) is 19.3. The van der Waals surface area contributed by atoms with Crippen molar-refractivity contribution in [1.82, 2.24) is 0 Å². The Kier molecular flexibility index (Phi) is 7.18. The maximum atomic E-state index is 11.0. The molecule has 0 bridgehead atoms. The van der Waals surface area contributed by atoms with Gasteiger partial charge in [-0.2, -0.15) is 0 Å². The third-order valence-electron chi connectivity index (χ3n) is 3.87. The summed E-state index contributed by atoms with van der Waals surface area (Å²) in [7, 11) is 0. The Balaban J connectivity index is 2.15. The van der Waals surface area contributed by atoms with E-state index >= 15 is 0 Å². The van der Waals surface area contributed by atoms with Crippen molar-refractivity contribution in [2.75, 3.05) is 13.2 Å². The number of ether oxygens (including phenoxy) is 4. The van der Waals surface area contributed by atoms with E-state index in [0.29, 0.717) is 17.9 Å². The maximum Gasteiger partial charge on any atom is 0.302 e. The summed E-state index contributed by atoms with van der Waals surface area (Å²) in [6.45, 7) is 2.95. The van der Waals surface area contributed by atoms with Crippen LogP contribution in [0.3, 0.4) is 0 Å². The highest BCUT2D eigenvalue weighted by atomic mass is 16.7. The molecular weight excluding hydrogens is 348 g/mol. The number of carbonyl (C=O) groups excluding carboxylic acids is 1. The maximum absolute atomic E-state index is 11.0. The molecule has 0 saturated carbocycles. The van der Waals surface area contributed by atoms with Crippen molar-refractivity contribution in [2.24, 2.45) is 0 Å². The summed E-state index contributed by atoms with van der Waals surface area (Å²) in [6, 6.07) is 4.72. The Morgan fingerprint density at radius 3 is 2.54 bits per heavy atom. The van der Waals surface area contributed by atoms with Crippen LogP contribution >= 0.6 is 0 Å². The first-order valence-corrected chi connectivity index (χ1v) is 8.23. The largest absolute Gasteiger partial charge is 0.493 e. The number of hydrogen-bond acceptors (Lipinski definition) is 9. The van der Waals surface area contributed by atoms with E-state index in [2.05, 4.69) is 0 Å². The Morgan fingerprint density at radius 2 is 1.92 bits per heavy atom. The van der Waals surface area contributed by atoms with E-state index in [1.54, 1.807) is 19.1 Å². The van der Waals surface area contributed by atoms with Gasteiger partial charge >= 0.3 is 5.97 Å². The van der Waals surface area contributed by atoms with Crippen LogP contribution in [-0.4, -0.2) is 70.3 Å². The number of aliphatic hydroxyl groups is 4. The van der Waals surface area contributed by atoms with Crippen LogP contribution in [0.1, 0.15) is 19.4 Å². The lowest BCUT2D eigenvalue weighted by atomic mass is 9.99. The van der Waals surface area contributed by atoms with Gasteiger partial charge < -0.3 is 39.4 Å². The van der Waals surface area contributed by atoms with E-state index in [9.17, 15) is 25.2 Å². The van der Waals surface area contributed by atoms with Crippen LogP contribution < -0.4 is 9.47 Å². The molecule has 2 rings (SSSR count). The predicted octanol–water partition coefficient (Wildman–Crippen LogP) is -0.673. The number of aliphatic hydroxyl groups excluding tert-OH is 4. The minimum atomic E-state index is -1.53. The van der Waals surface area contributed by atoms with Crippen LogP contribution in [0.15, 0.2) is 18.2 Å². The zero-order valence-electron chi connectivity index (χ0n) is 14.6. The third kappa shape index (κ3) is 4.83. The number of hydrogen-bond donors (Lipinski definition) is 4. The minimum absolute atomic E-state index is 0.0327. The molecule has 1 saturated heterocycles. The monoisotopic (exact) mass is 372 g/mol.